The van der Waals surface area contributed by atoms with Crippen LogP contribution in [0.15, 0.2) is 35.3 Å². The van der Waals surface area contributed by atoms with Crippen LogP contribution in [0.4, 0.5) is 0 Å². The minimum atomic E-state index is 0. The van der Waals surface area contributed by atoms with Crippen LogP contribution in [-0.4, -0.2) is 31.7 Å². The topological polar surface area (TPSA) is 64.7 Å². The van der Waals surface area contributed by atoms with Gasteiger partial charge >= 0.3 is 0 Å². The van der Waals surface area contributed by atoms with Gasteiger partial charge in [0, 0.05) is 18.3 Å². The normalized spacial score (nSPS) is 18.9. The molecular formula is C34H52N2O2. The van der Waals surface area contributed by atoms with E-state index < -0.39 is 0 Å². The highest BCUT2D eigenvalue weighted by Gasteiger charge is 2.31. The summed E-state index contributed by atoms with van der Waals surface area (Å²) in [7, 11) is 1.90. The van der Waals surface area contributed by atoms with Gasteiger partial charge in [0.1, 0.15) is 5.75 Å². The fourth-order valence-electron chi connectivity index (χ4n) is 6.21. The molecule has 0 saturated heterocycles. The second-order valence-electron chi connectivity index (χ2n) is 10.7. The molecule has 2 atom stereocenters. The number of rotatable bonds is 10. The van der Waals surface area contributed by atoms with E-state index >= 15 is 0 Å². The van der Waals surface area contributed by atoms with Gasteiger partial charge in [0.2, 0.25) is 0 Å². The van der Waals surface area contributed by atoms with Crippen molar-refractivity contribution in [3.8, 4) is 5.75 Å². The number of fused-ring (bicyclic) bond motifs is 1. The van der Waals surface area contributed by atoms with Crippen molar-refractivity contribution < 1.29 is 9.53 Å². The highest BCUT2D eigenvalue weighted by Crippen LogP contribution is 2.42. The molecule has 38 heavy (non-hydrogen) atoms. The molecule has 1 fully saturated rings. The van der Waals surface area contributed by atoms with Crippen molar-refractivity contribution in [2.75, 3.05) is 20.2 Å². The number of carbonyl (C=O) groups excluding carboxylic acids is 1. The maximum Gasteiger partial charge on any atom is 0.160 e. The van der Waals surface area contributed by atoms with E-state index in [1.807, 2.05) is 20.9 Å². The number of aryl methyl sites for hydroxylation is 1. The zero-order chi connectivity index (χ0) is 26.9. The third-order valence-corrected chi connectivity index (χ3v) is 8.17. The van der Waals surface area contributed by atoms with Crippen molar-refractivity contribution in [1.29, 1.82) is 0 Å². The van der Waals surface area contributed by atoms with E-state index in [-0.39, 0.29) is 13.2 Å². The SMILES string of the molecule is C.CC.CN=C(CC1CCCC1)c1cc(C(C)=O)c(CC2c3ccc(OCCCN)cc3CC2C)cc1C. The van der Waals surface area contributed by atoms with Crippen LogP contribution in [0.5, 0.6) is 5.75 Å². The summed E-state index contributed by atoms with van der Waals surface area (Å²) in [6, 6.07) is 10.9. The van der Waals surface area contributed by atoms with Crippen molar-refractivity contribution >= 4 is 11.5 Å². The Bertz CT molecular complexity index is 1080. The first-order chi connectivity index (χ1) is 17.9. The fraction of sp³-hybridized carbons (Fsp3) is 0.588. The summed E-state index contributed by atoms with van der Waals surface area (Å²) < 4.78 is 5.88. The van der Waals surface area contributed by atoms with Crippen LogP contribution in [0, 0.1) is 18.8 Å². The molecule has 2 unspecified atom stereocenters. The smallest absolute Gasteiger partial charge is 0.160 e. The Morgan fingerprint density at radius 1 is 1.11 bits per heavy atom. The van der Waals surface area contributed by atoms with Crippen LogP contribution in [0.3, 0.4) is 0 Å². The van der Waals surface area contributed by atoms with E-state index in [0.29, 0.717) is 25.0 Å². The highest BCUT2D eigenvalue weighted by molar-refractivity contribution is 6.05. The van der Waals surface area contributed by atoms with Crippen molar-refractivity contribution in [2.24, 2.45) is 22.6 Å². The van der Waals surface area contributed by atoms with Gasteiger partial charge in [0.05, 0.1) is 6.61 Å². The molecule has 2 N–H and O–H groups in total. The molecule has 0 radical (unpaired) electrons. The van der Waals surface area contributed by atoms with Crippen molar-refractivity contribution in [3.63, 3.8) is 0 Å². The standard InChI is InChI=1S/C31H42N2O2.C2H6.CH4/c1-20-14-24-17-26(35-13-7-12-32)10-11-27(24)28(20)18-25-15-21(2)29(19-30(25)22(3)34)31(33-4)16-23-8-5-6-9-23;1-2;/h10-11,15,17,19-20,23,28H,5-9,12-14,16,18,32H2,1-4H3;1-2H3;1H4. The molecule has 2 aliphatic carbocycles. The lowest BCUT2D eigenvalue weighted by Gasteiger charge is -2.21. The summed E-state index contributed by atoms with van der Waals surface area (Å²) in [4.78, 5) is 17.5. The van der Waals surface area contributed by atoms with Crippen molar-refractivity contribution in [1.82, 2.24) is 0 Å². The Labute approximate surface area is 232 Å². The molecule has 0 aliphatic heterocycles. The minimum absolute atomic E-state index is 0. The lowest BCUT2D eigenvalue weighted by molar-refractivity contribution is 0.101. The molecule has 2 aromatic carbocycles. The monoisotopic (exact) mass is 520 g/mol. The molecule has 4 heteroatoms. The van der Waals surface area contributed by atoms with Crippen LogP contribution >= 0.6 is 0 Å². The molecule has 210 valence electrons. The number of hydrogen-bond acceptors (Lipinski definition) is 4. The molecule has 0 aromatic heterocycles. The first kappa shape index (κ1) is 31.8. The maximum absolute atomic E-state index is 12.8. The number of nitrogens with zero attached hydrogens (tertiary/aromatic N) is 1. The molecule has 0 amide bonds. The number of ether oxygens (including phenoxy) is 1. The van der Waals surface area contributed by atoms with Gasteiger partial charge in [-0.05, 0) is 110 Å². The van der Waals surface area contributed by atoms with Gasteiger partial charge < -0.3 is 10.5 Å². The number of carbonyl (C=O) groups is 1. The Hall–Kier alpha value is -2.46. The maximum atomic E-state index is 12.8. The summed E-state index contributed by atoms with van der Waals surface area (Å²) >= 11 is 0. The second-order valence-corrected chi connectivity index (χ2v) is 10.7. The van der Waals surface area contributed by atoms with Crippen molar-refractivity contribution in [3.05, 3.63) is 63.7 Å². The Kier molecular flexibility index (Phi) is 12.7. The molecule has 2 aliphatic rings. The van der Waals surface area contributed by atoms with Gasteiger partial charge in [-0.15, -0.1) is 0 Å². The van der Waals surface area contributed by atoms with E-state index in [4.69, 9.17) is 10.5 Å². The molecule has 0 bridgehead atoms. The number of hydrogen-bond donors (Lipinski definition) is 1. The largest absolute Gasteiger partial charge is 0.494 e. The highest BCUT2D eigenvalue weighted by atomic mass is 16.5. The Balaban J connectivity index is 0.00000165. The minimum Gasteiger partial charge on any atom is -0.494 e. The van der Waals surface area contributed by atoms with E-state index in [9.17, 15) is 4.79 Å². The number of nitrogens with two attached hydrogens (primary N) is 1. The van der Waals surface area contributed by atoms with Gasteiger partial charge in [-0.3, -0.25) is 9.79 Å². The zero-order valence-corrected chi connectivity index (χ0v) is 24.0. The lowest BCUT2D eigenvalue weighted by atomic mass is 9.83. The van der Waals surface area contributed by atoms with E-state index in [1.54, 1.807) is 6.92 Å². The van der Waals surface area contributed by atoms with Gasteiger partial charge in [-0.2, -0.15) is 0 Å². The quantitative estimate of drug-likeness (QED) is 0.195. The number of Topliss-reactive ketones (excluding diaryl/α,β-unsaturated/α-hetero) is 1. The predicted molar refractivity (Wildman–Crippen MR) is 163 cm³/mol. The predicted octanol–water partition coefficient (Wildman–Crippen LogP) is 8.11. The molecule has 0 spiro atoms. The molecule has 0 heterocycles. The van der Waals surface area contributed by atoms with Gasteiger partial charge in [0.15, 0.2) is 5.78 Å². The number of ketones is 1. The first-order valence-corrected chi connectivity index (χ1v) is 14.5. The Morgan fingerprint density at radius 2 is 1.82 bits per heavy atom. The van der Waals surface area contributed by atoms with Crippen LogP contribution in [0.1, 0.15) is 118 Å². The van der Waals surface area contributed by atoms with Crippen LogP contribution in [0.2, 0.25) is 0 Å². The van der Waals surface area contributed by atoms with Crippen LogP contribution in [-0.2, 0) is 12.8 Å². The summed E-state index contributed by atoms with van der Waals surface area (Å²) in [5, 5.41) is 0. The molecule has 1 saturated carbocycles. The summed E-state index contributed by atoms with van der Waals surface area (Å²) in [6.07, 6.45) is 9.10. The van der Waals surface area contributed by atoms with Gasteiger partial charge in [0.25, 0.3) is 0 Å². The van der Waals surface area contributed by atoms with E-state index in [1.165, 1.54) is 47.9 Å². The summed E-state index contributed by atoms with van der Waals surface area (Å²) in [6.45, 7) is 11.5. The first-order valence-electron chi connectivity index (χ1n) is 14.5. The number of benzene rings is 2. The average molecular weight is 521 g/mol. The second kappa shape index (κ2) is 15.2. The zero-order valence-electron chi connectivity index (χ0n) is 24.0. The van der Waals surface area contributed by atoms with Crippen LogP contribution in [0.25, 0.3) is 0 Å². The molecule has 4 nitrogen and oxygen atoms in total. The fourth-order valence-corrected chi connectivity index (χ4v) is 6.21. The van der Waals surface area contributed by atoms with E-state index in [2.05, 4.69) is 49.2 Å². The lowest BCUT2D eigenvalue weighted by Crippen LogP contribution is -2.14. The molecule has 4 rings (SSSR count). The third-order valence-electron chi connectivity index (χ3n) is 8.17. The average Bonchev–Trinajstić information content (AvgIpc) is 3.51. The van der Waals surface area contributed by atoms with Crippen LogP contribution < -0.4 is 10.5 Å². The summed E-state index contributed by atoms with van der Waals surface area (Å²) in [5.74, 6) is 2.74. The van der Waals surface area contributed by atoms with Gasteiger partial charge in [-0.25, -0.2) is 0 Å². The van der Waals surface area contributed by atoms with Crippen molar-refractivity contribution in [2.45, 2.75) is 99.3 Å². The third kappa shape index (κ3) is 7.56. The van der Waals surface area contributed by atoms with Gasteiger partial charge in [-0.1, -0.05) is 66.0 Å². The number of aliphatic imine (C=N–C) groups is 1. The molecular weight excluding hydrogens is 468 g/mol. The van der Waals surface area contributed by atoms with E-state index in [0.717, 1.165) is 54.2 Å². The molecule has 2 aromatic rings. The summed E-state index contributed by atoms with van der Waals surface area (Å²) in [5.41, 5.74) is 14.0. The Morgan fingerprint density at radius 3 is 2.45 bits per heavy atom.